The molecule has 1 heterocycles. The van der Waals surface area contributed by atoms with Gasteiger partial charge in [0.25, 0.3) is 0 Å². The van der Waals surface area contributed by atoms with Crippen LogP contribution in [0.2, 0.25) is 0 Å². The third kappa shape index (κ3) is 4.38. The van der Waals surface area contributed by atoms with Crippen LogP contribution in [0.3, 0.4) is 0 Å². The lowest BCUT2D eigenvalue weighted by Crippen LogP contribution is -2.15. The molecule has 0 saturated carbocycles. The minimum atomic E-state index is -0.435. The maximum Gasteiger partial charge on any atom is 0.344 e. The SMILES string of the molecule is CCCCC(CC)CNc1snc(N)c1C(=O)OC. The Morgan fingerprint density at radius 3 is 2.84 bits per heavy atom. The Kier molecular flexibility index (Phi) is 6.62. The number of methoxy groups -OCH3 is 1. The van der Waals surface area contributed by atoms with E-state index in [4.69, 9.17) is 10.5 Å². The Morgan fingerprint density at radius 2 is 2.26 bits per heavy atom. The molecule has 1 unspecified atom stereocenters. The maximum atomic E-state index is 11.6. The van der Waals surface area contributed by atoms with Gasteiger partial charge in [0.05, 0.1) is 7.11 Å². The molecule has 1 aromatic rings. The van der Waals surface area contributed by atoms with Crippen molar-refractivity contribution in [2.45, 2.75) is 39.5 Å². The molecule has 0 aliphatic carbocycles. The second-order valence-corrected chi connectivity index (χ2v) is 5.33. The molecule has 0 aliphatic heterocycles. The van der Waals surface area contributed by atoms with Gasteiger partial charge in [-0.15, -0.1) is 0 Å². The van der Waals surface area contributed by atoms with Crippen LogP contribution < -0.4 is 11.1 Å². The fourth-order valence-electron chi connectivity index (χ4n) is 1.90. The molecule has 0 saturated heterocycles. The number of esters is 1. The summed E-state index contributed by atoms with van der Waals surface area (Å²) in [6, 6.07) is 0. The second kappa shape index (κ2) is 7.99. The summed E-state index contributed by atoms with van der Waals surface area (Å²) in [5.74, 6) is 0.407. The van der Waals surface area contributed by atoms with E-state index in [-0.39, 0.29) is 5.82 Å². The zero-order chi connectivity index (χ0) is 14.3. The molecule has 0 fully saturated rings. The fraction of sp³-hybridized carbons (Fsp3) is 0.692. The van der Waals surface area contributed by atoms with Crippen molar-refractivity contribution >= 4 is 28.3 Å². The van der Waals surface area contributed by atoms with Crippen LogP contribution in [0.1, 0.15) is 49.9 Å². The molecule has 1 atom stereocenters. The highest BCUT2D eigenvalue weighted by Crippen LogP contribution is 2.28. The number of carbonyl (C=O) groups excluding carboxylic acids is 1. The zero-order valence-electron chi connectivity index (χ0n) is 11.9. The van der Waals surface area contributed by atoms with Crippen molar-refractivity contribution in [1.82, 2.24) is 4.37 Å². The number of hydrogen-bond acceptors (Lipinski definition) is 6. The average Bonchev–Trinajstić information content (AvgIpc) is 2.79. The van der Waals surface area contributed by atoms with Crippen LogP contribution in [0.15, 0.2) is 0 Å². The molecular weight excluding hydrogens is 262 g/mol. The van der Waals surface area contributed by atoms with Crippen molar-refractivity contribution in [2.75, 3.05) is 24.7 Å². The topological polar surface area (TPSA) is 77.2 Å². The molecule has 19 heavy (non-hydrogen) atoms. The highest BCUT2D eigenvalue weighted by molar-refractivity contribution is 7.11. The first kappa shape index (κ1) is 15.8. The molecule has 0 aromatic carbocycles. The van der Waals surface area contributed by atoms with Gasteiger partial charge in [0.1, 0.15) is 10.6 Å². The number of nitrogens with one attached hydrogen (secondary N) is 1. The van der Waals surface area contributed by atoms with E-state index in [0.717, 1.165) is 13.0 Å². The number of ether oxygens (including phenoxy) is 1. The minimum Gasteiger partial charge on any atom is -0.465 e. The van der Waals surface area contributed by atoms with Crippen LogP contribution in [0.25, 0.3) is 0 Å². The van der Waals surface area contributed by atoms with E-state index in [0.29, 0.717) is 16.5 Å². The smallest absolute Gasteiger partial charge is 0.344 e. The van der Waals surface area contributed by atoms with Crippen molar-refractivity contribution in [3.63, 3.8) is 0 Å². The Bertz CT molecular complexity index is 407. The number of aromatic nitrogens is 1. The predicted molar refractivity (Wildman–Crippen MR) is 79.7 cm³/mol. The highest BCUT2D eigenvalue weighted by atomic mass is 32.1. The van der Waals surface area contributed by atoms with Gasteiger partial charge in [-0.3, -0.25) is 0 Å². The number of anilines is 2. The van der Waals surface area contributed by atoms with Crippen LogP contribution in [0.4, 0.5) is 10.8 Å². The largest absolute Gasteiger partial charge is 0.465 e. The monoisotopic (exact) mass is 285 g/mol. The summed E-state index contributed by atoms with van der Waals surface area (Å²) < 4.78 is 8.73. The predicted octanol–water partition coefficient (Wildman–Crippen LogP) is 3.14. The molecule has 1 aromatic heterocycles. The summed E-state index contributed by atoms with van der Waals surface area (Å²) in [6.45, 7) is 5.21. The van der Waals surface area contributed by atoms with Crippen LogP contribution in [0, 0.1) is 5.92 Å². The molecule has 1 rings (SSSR count). The van der Waals surface area contributed by atoms with Crippen molar-refractivity contribution in [1.29, 1.82) is 0 Å². The molecule has 0 amide bonds. The molecular formula is C13H23N3O2S. The van der Waals surface area contributed by atoms with Crippen LogP contribution in [-0.2, 0) is 4.74 Å². The van der Waals surface area contributed by atoms with Crippen molar-refractivity contribution in [2.24, 2.45) is 5.92 Å². The van der Waals surface area contributed by atoms with Gasteiger partial charge in [-0.25, -0.2) is 4.79 Å². The van der Waals surface area contributed by atoms with Gasteiger partial charge in [-0.2, -0.15) is 4.37 Å². The Balaban J connectivity index is 2.64. The van der Waals surface area contributed by atoms with E-state index in [2.05, 4.69) is 23.5 Å². The van der Waals surface area contributed by atoms with Gasteiger partial charge < -0.3 is 15.8 Å². The van der Waals surface area contributed by atoms with Crippen LogP contribution in [-0.4, -0.2) is 24.0 Å². The quantitative estimate of drug-likeness (QED) is 0.717. The van der Waals surface area contributed by atoms with Gasteiger partial charge >= 0.3 is 5.97 Å². The maximum absolute atomic E-state index is 11.6. The summed E-state index contributed by atoms with van der Waals surface area (Å²) >= 11 is 1.21. The normalized spacial score (nSPS) is 12.2. The minimum absolute atomic E-state index is 0.237. The molecule has 108 valence electrons. The first-order valence-electron chi connectivity index (χ1n) is 6.71. The summed E-state index contributed by atoms with van der Waals surface area (Å²) in [5, 5.41) is 3.99. The van der Waals surface area contributed by atoms with Gasteiger partial charge in [0.15, 0.2) is 5.82 Å². The number of rotatable bonds is 8. The molecule has 5 nitrogen and oxygen atoms in total. The molecule has 6 heteroatoms. The first-order valence-corrected chi connectivity index (χ1v) is 7.48. The van der Waals surface area contributed by atoms with Gasteiger partial charge in [-0.1, -0.05) is 33.1 Å². The third-order valence-electron chi connectivity index (χ3n) is 3.20. The molecule has 0 bridgehead atoms. The van der Waals surface area contributed by atoms with E-state index in [9.17, 15) is 4.79 Å². The van der Waals surface area contributed by atoms with E-state index in [1.807, 2.05) is 0 Å². The number of carbonyl (C=O) groups is 1. The molecule has 0 spiro atoms. The van der Waals surface area contributed by atoms with Crippen LogP contribution >= 0.6 is 11.5 Å². The lowest BCUT2D eigenvalue weighted by molar-refractivity contribution is 0.0603. The van der Waals surface area contributed by atoms with Crippen molar-refractivity contribution in [3.8, 4) is 0 Å². The Morgan fingerprint density at radius 1 is 1.53 bits per heavy atom. The zero-order valence-corrected chi connectivity index (χ0v) is 12.7. The number of nitrogens with two attached hydrogens (primary N) is 1. The van der Waals surface area contributed by atoms with E-state index >= 15 is 0 Å². The van der Waals surface area contributed by atoms with Gasteiger partial charge in [0.2, 0.25) is 0 Å². The highest BCUT2D eigenvalue weighted by Gasteiger charge is 2.20. The molecule has 0 radical (unpaired) electrons. The first-order chi connectivity index (χ1) is 9.13. The summed E-state index contributed by atoms with van der Waals surface area (Å²) in [7, 11) is 1.35. The Hall–Kier alpha value is -1.30. The number of unbranched alkanes of at least 4 members (excludes halogenated alkanes) is 1. The molecule has 3 N–H and O–H groups in total. The van der Waals surface area contributed by atoms with E-state index in [1.165, 1.54) is 37.9 Å². The second-order valence-electron chi connectivity index (χ2n) is 4.56. The standard InChI is InChI=1S/C13H23N3O2S/c1-4-6-7-9(5-2)8-15-12-10(13(17)18-3)11(14)16-19-12/h9,15H,4-8H2,1-3H3,(H2,14,16). The Labute approximate surface area is 118 Å². The average molecular weight is 285 g/mol. The lowest BCUT2D eigenvalue weighted by Gasteiger charge is -2.15. The number of nitrogens with zero attached hydrogens (tertiary/aromatic N) is 1. The van der Waals surface area contributed by atoms with E-state index < -0.39 is 5.97 Å². The fourth-order valence-corrected chi connectivity index (χ4v) is 2.61. The number of nitrogen functional groups attached to an aromatic ring is 1. The van der Waals surface area contributed by atoms with Crippen molar-refractivity contribution in [3.05, 3.63) is 5.56 Å². The summed E-state index contributed by atoms with van der Waals surface area (Å²) in [4.78, 5) is 11.6. The summed E-state index contributed by atoms with van der Waals surface area (Å²) in [6.07, 6.45) is 4.75. The molecule has 0 aliphatic rings. The van der Waals surface area contributed by atoms with Crippen LogP contribution in [0.5, 0.6) is 0 Å². The van der Waals surface area contributed by atoms with Crippen molar-refractivity contribution < 1.29 is 9.53 Å². The lowest BCUT2D eigenvalue weighted by atomic mass is 9.99. The third-order valence-corrected chi connectivity index (χ3v) is 4.02. The van der Waals surface area contributed by atoms with Gasteiger partial charge in [-0.05, 0) is 23.9 Å². The number of hydrogen-bond donors (Lipinski definition) is 2. The van der Waals surface area contributed by atoms with Gasteiger partial charge in [0, 0.05) is 6.54 Å². The van der Waals surface area contributed by atoms with E-state index in [1.54, 1.807) is 0 Å². The summed E-state index contributed by atoms with van der Waals surface area (Å²) in [5.41, 5.74) is 6.05.